The first-order chi connectivity index (χ1) is 8.55. The largest absolute Gasteiger partial charge is 0.508 e. The molecule has 2 aromatic rings. The van der Waals surface area contributed by atoms with Crippen molar-refractivity contribution in [3.8, 4) is 5.75 Å². The highest BCUT2D eigenvalue weighted by Crippen LogP contribution is 2.27. The molecule has 6 nitrogen and oxygen atoms in total. The molecule has 7 heteroatoms. The number of aromatic nitrogens is 3. The second-order valence-corrected chi connectivity index (χ2v) is 6.89. The molecule has 1 saturated heterocycles. The summed E-state index contributed by atoms with van der Waals surface area (Å²) >= 11 is 0. The van der Waals surface area contributed by atoms with E-state index in [1.54, 1.807) is 22.9 Å². The van der Waals surface area contributed by atoms with Gasteiger partial charge in [-0.05, 0) is 25.0 Å². The zero-order chi connectivity index (χ0) is 12.8. The number of rotatable bonds is 1. The molecule has 1 fully saturated rings. The van der Waals surface area contributed by atoms with Crippen LogP contribution in [0.3, 0.4) is 0 Å². The molecule has 96 valence electrons. The minimum Gasteiger partial charge on any atom is -0.508 e. The molecule has 0 unspecified atom stereocenters. The van der Waals surface area contributed by atoms with Crippen LogP contribution in [0.1, 0.15) is 18.9 Å². The Morgan fingerprint density at radius 3 is 2.72 bits per heavy atom. The summed E-state index contributed by atoms with van der Waals surface area (Å²) < 4.78 is 24.6. The van der Waals surface area contributed by atoms with Crippen molar-refractivity contribution < 1.29 is 13.5 Å². The Bertz CT molecular complexity index is 679. The number of fused-ring (bicyclic) bond motifs is 1. The van der Waals surface area contributed by atoms with E-state index in [1.165, 1.54) is 0 Å². The van der Waals surface area contributed by atoms with Gasteiger partial charge in [0.25, 0.3) is 0 Å². The van der Waals surface area contributed by atoms with E-state index >= 15 is 0 Å². The van der Waals surface area contributed by atoms with Crippen molar-refractivity contribution in [1.82, 2.24) is 15.0 Å². The third-order valence-electron chi connectivity index (χ3n) is 3.32. The van der Waals surface area contributed by atoms with E-state index in [1.807, 2.05) is 0 Å². The minimum atomic E-state index is -2.87. The van der Waals surface area contributed by atoms with Crippen LogP contribution in [-0.4, -0.2) is 40.0 Å². The van der Waals surface area contributed by atoms with Crippen LogP contribution in [0.2, 0.25) is 0 Å². The van der Waals surface area contributed by atoms with Crippen molar-refractivity contribution in [2.75, 3.05) is 11.5 Å². The van der Waals surface area contributed by atoms with Gasteiger partial charge in [0.2, 0.25) is 0 Å². The molecular formula is C11H13N3O3S. The van der Waals surface area contributed by atoms with Crippen LogP contribution in [0.4, 0.5) is 0 Å². The second-order valence-electron chi connectivity index (χ2n) is 4.59. The van der Waals surface area contributed by atoms with E-state index < -0.39 is 9.84 Å². The number of nitrogens with zero attached hydrogens (tertiary/aromatic N) is 3. The number of phenolic OH excluding ortho intramolecular Hbond substituents is 1. The quantitative estimate of drug-likeness (QED) is 0.829. The molecule has 0 amide bonds. The van der Waals surface area contributed by atoms with Crippen molar-refractivity contribution in [3.05, 3.63) is 18.2 Å². The number of hydrogen-bond acceptors (Lipinski definition) is 5. The smallest absolute Gasteiger partial charge is 0.150 e. The molecule has 18 heavy (non-hydrogen) atoms. The van der Waals surface area contributed by atoms with Gasteiger partial charge in [-0.3, -0.25) is 0 Å². The highest BCUT2D eigenvalue weighted by Gasteiger charge is 2.26. The molecule has 0 saturated carbocycles. The number of aromatic hydroxyl groups is 1. The minimum absolute atomic E-state index is 0.0723. The Morgan fingerprint density at radius 1 is 1.28 bits per heavy atom. The molecule has 0 radical (unpaired) electrons. The number of benzene rings is 1. The van der Waals surface area contributed by atoms with Gasteiger partial charge in [-0.25, -0.2) is 13.1 Å². The molecule has 0 spiro atoms. The highest BCUT2D eigenvalue weighted by atomic mass is 32.2. The van der Waals surface area contributed by atoms with E-state index in [2.05, 4.69) is 10.3 Å². The molecule has 1 aromatic heterocycles. The Hall–Kier alpha value is -1.63. The summed E-state index contributed by atoms with van der Waals surface area (Å²) in [5, 5.41) is 17.4. The van der Waals surface area contributed by atoms with Gasteiger partial charge in [-0.2, -0.15) is 0 Å². The summed E-state index contributed by atoms with van der Waals surface area (Å²) in [5.41, 5.74) is 1.46. The van der Waals surface area contributed by atoms with Crippen molar-refractivity contribution in [2.24, 2.45) is 0 Å². The van der Waals surface area contributed by atoms with Crippen LogP contribution in [0.5, 0.6) is 5.75 Å². The van der Waals surface area contributed by atoms with Gasteiger partial charge >= 0.3 is 0 Å². The fourth-order valence-corrected chi connectivity index (χ4v) is 3.79. The molecule has 1 aliphatic rings. The Kier molecular flexibility index (Phi) is 2.51. The Labute approximate surface area is 104 Å². The summed E-state index contributed by atoms with van der Waals surface area (Å²) in [7, 11) is -2.87. The predicted octanol–water partition coefficient (Wildman–Crippen LogP) is 0.887. The van der Waals surface area contributed by atoms with Gasteiger partial charge in [-0.1, -0.05) is 5.21 Å². The van der Waals surface area contributed by atoms with Crippen molar-refractivity contribution in [3.63, 3.8) is 0 Å². The van der Waals surface area contributed by atoms with Crippen molar-refractivity contribution in [2.45, 2.75) is 18.9 Å². The fraction of sp³-hybridized carbons (Fsp3) is 0.455. The van der Waals surface area contributed by atoms with Crippen molar-refractivity contribution >= 4 is 20.9 Å². The highest BCUT2D eigenvalue weighted by molar-refractivity contribution is 7.91. The first-order valence-corrected chi connectivity index (χ1v) is 7.62. The molecule has 1 aliphatic heterocycles. The number of phenols is 1. The second kappa shape index (κ2) is 3.94. The van der Waals surface area contributed by atoms with Crippen LogP contribution in [-0.2, 0) is 9.84 Å². The lowest BCUT2D eigenvalue weighted by atomic mass is 10.1. The number of sulfone groups is 1. The molecule has 3 rings (SSSR count). The molecule has 1 N–H and O–H groups in total. The van der Waals surface area contributed by atoms with Gasteiger partial charge in [0.1, 0.15) is 21.1 Å². The van der Waals surface area contributed by atoms with E-state index in [-0.39, 0.29) is 23.3 Å². The standard InChI is InChI=1S/C11H13N3O3S/c15-9-1-2-11-10(7-9)12-13-14(11)8-3-5-18(16,17)6-4-8/h1-2,7-8,15H,3-6H2. The van der Waals surface area contributed by atoms with Gasteiger partial charge < -0.3 is 5.11 Å². The topological polar surface area (TPSA) is 85.1 Å². The van der Waals surface area contributed by atoms with E-state index in [9.17, 15) is 13.5 Å². The maximum Gasteiger partial charge on any atom is 0.150 e. The summed E-state index contributed by atoms with van der Waals surface area (Å²) in [5.74, 6) is 0.564. The summed E-state index contributed by atoms with van der Waals surface area (Å²) in [6.07, 6.45) is 1.14. The van der Waals surface area contributed by atoms with Gasteiger partial charge in [-0.15, -0.1) is 5.10 Å². The lowest BCUT2D eigenvalue weighted by Gasteiger charge is -2.22. The molecular weight excluding hydrogens is 254 g/mol. The summed E-state index contributed by atoms with van der Waals surface area (Å²) in [6.45, 7) is 0. The average molecular weight is 267 g/mol. The zero-order valence-electron chi connectivity index (χ0n) is 9.65. The monoisotopic (exact) mass is 267 g/mol. The summed E-state index contributed by atoms with van der Waals surface area (Å²) in [6, 6.07) is 4.97. The lowest BCUT2D eigenvalue weighted by molar-refractivity contribution is 0.415. The van der Waals surface area contributed by atoms with Gasteiger partial charge in [0.05, 0.1) is 23.1 Å². The lowest BCUT2D eigenvalue weighted by Crippen LogP contribution is -2.26. The summed E-state index contributed by atoms with van der Waals surface area (Å²) in [4.78, 5) is 0. The molecule has 1 aromatic carbocycles. The third kappa shape index (κ3) is 1.94. The van der Waals surface area contributed by atoms with Crippen LogP contribution >= 0.6 is 0 Å². The first kappa shape index (κ1) is 11.5. The Morgan fingerprint density at radius 2 is 2.00 bits per heavy atom. The van der Waals surface area contributed by atoms with Crippen LogP contribution in [0.15, 0.2) is 18.2 Å². The van der Waals surface area contributed by atoms with Crippen molar-refractivity contribution in [1.29, 1.82) is 0 Å². The molecule has 2 heterocycles. The third-order valence-corrected chi connectivity index (χ3v) is 5.04. The maximum absolute atomic E-state index is 11.4. The van der Waals surface area contributed by atoms with E-state index in [4.69, 9.17) is 0 Å². The fourth-order valence-electron chi connectivity index (χ4n) is 2.32. The predicted molar refractivity (Wildman–Crippen MR) is 66.1 cm³/mol. The van der Waals surface area contributed by atoms with Gasteiger partial charge in [0, 0.05) is 6.07 Å². The maximum atomic E-state index is 11.4. The van der Waals surface area contributed by atoms with Crippen LogP contribution in [0, 0.1) is 0 Å². The van der Waals surface area contributed by atoms with E-state index in [0.29, 0.717) is 18.4 Å². The molecule has 0 aliphatic carbocycles. The molecule has 0 atom stereocenters. The molecule has 0 bridgehead atoms. The van der Waals surface area contributed by atoms with E-state index in [0.717, 1.165) is 5.52 Å². The number of hydrogen-bond donors (Lipinski definition) is 1. The van der Waals surface area contributed by atoms with Gasteiger partial charge in [0.15, 0.2) is 0 Å². The van der Waals surface area contributed by atoms with Crippen LogP contribution in [0.25, 0.3) is 11.0 Å². The average Bonchev–Trinajstić information content (AvgIpc) is 2.72. The Balaban J connectivity index is 1.96. The zero-order valence-corrected chi connectivity index (χ0v) is 10.5. The first-order valence-electron chi connectivity index (χ1n) is 5.79. The SMILES string of the molecule is O=S1(=O)CCC(n2nnc3cc(O)ccc32)CC1. The normalized spacial score (nSPS) is 20.2. The van der Waals surface area contributed by atoms with Crippen LogP contribution < -0.4 is 0 Å².